The van der Waals surface area contributed by atoms with Crippen LogP contribution in [0.2, 0.25) is 0 Å². The molecular formula is C32H40O2. The lowest BCUT2D eigenvalue weighted by molar-refractivity contribution is 0.285. The van der Waals surface area contributed by atoms with Gasteiger partial charge in [-0.15, -0.1) is 0 Å². The van der Waals surface area contributed by atoms with Gasteiger partial charge in [0.1, 0.15) is 11.5 Å². The summed E-state index contributed by atoms with van der Waals surface area (Å²) in [6.45, 7) is 17.2. The topological polar surface area (TPSA) is 40.5 Å². The van der Waals surface area contributed by atoms with Gasteiger partial charge in [-0.3, -0.25) is 0 Å². The van der Waals surface area contributed by atoms with Crippen molar-refractivity contribution in [3.05, 3.63) is 82.0 Å². The van der Waals surface area contributed by atoms with E-state index in [2.05, 4.69) is 104 Å². The van der Waals surface area contributed by atoms with E-state index in [0.717, 1.165) is 33.4 Å². The van der Waals surface area contributed by atoms with Gasteiger partial charge >= 0.3 is 0 Å². The van der Waals surface area contributed by atoms with Crippen LogP contribution in [0.5, 0.6) is 11.5 Å². The molecule has 0 amide bonds. The van der Waals surface area contributed by atoms with Crippen molar-refractivity contribution in [2.75, 3.05) is 0 Å². The van der Waals surface area contributed by atoms with Gasteiger partial charge in [-0.1, -0.05) is 101 Å². The Morgan fingerprint density at radius 3 is 1.65 bits per heavy atom. The smallest absolute Gasteiger partial charge is 0.123 e. The number of phenols is 2. The number of aromatic hydroxyl groups is 2. The largest absolute Gasteiger partial charge is 0.507 e. The molecule has 1 fully saturated rings. The van der Waals surface area contributed by atoms with Crippen molar-refractivity contribution in [2.24, 2.45) is 23.7 Å². The van der Waals surface area contributed by atoms with E-state index < -0.39 is 5.41 Å². The van der Waals surface area contributed by atoms with Crippen LogP contribution in [0.1, 0.15) is 81.3 Å². The minimum atomic E-state index is -0.568. The van der Waals surface area contributed by atoms with E-state index in [9.17, 15) is 10.2 Å². The molecule has 2 nitrogen and oxygen atoms in total. The van der Waals surface area contributed by atoms with Gasteiger partial charge in [0.15, 0.2) is 0 Å². The van der Waals surface area contributed by atoms with E-state index in [1.165, 1.54) is 6.42 Å². The first-order valence-corrected chi connectivity index (χ1v) is 12.8. The van der Waals surface area contributed by atoms with Gasteiger partial charge in [0.25, 0.3) is 0 Å². The van der Waals surface area contributed by atoms with Crippen molar-refractivity contribution in [1.82, 2.24) is 0 Å². The van der Waals surface area contributed by atoms with Crippen molar-refractivity contribution in [3.63, 3.8) is 0 Å². The SMILES string of the molecule is Cc1cc(C(C)(C)C)c(O)c(C2(c3cc(C)cc(C(C)(C)C)c3O)C=CC3C4C=CC(C4)C32)c1. The van der Waals surface area contributed by atoms with Crippen LogP contribution < -0.4 is 0 Å². The average Bonchev–Trinajstić information content (AvgIpc) is 3.42. The van der Waals surface area contributed by atoms with E-state index in [4.69, 9.17) is 0 Å². The summed E-state index contributed by atoms with van der Waals surface area (Å²) in [5.41, 5.74) is 5.20. The Morgan fingerprint density at radius 1 is 0.706 bits per heavy atom. The van der Waals surface area contributed by atoms with Crippen LogP contribution in [-0.4, -0.2) is 10.2 Å². The second kappa shape index (κ2) is 7.26. The van der Waals surface area contributed by atoms with Crippen LogP contribution in [0.4, 0.5) is 0 Å². The standard InChI is InChI=1S/C32H40O2/c1-18-13-23(30(3,4)5)28(33)25(15-18)32(12-11-22-20-9-10-21(17-20)27(22)32)26-16-19(2)14-24(29(26)34)31(6,7)8/h9-16,20-22,27,33-34H,17H2,1-8H3. The molecule has 2 bridgehead atoms. The number of hydrogen-bond acceptors (Lipinski definition) is 2. The Labute approximate surface area is 205 Å². The quantitative estimate of drug-likeness (QED) is 0.457. The highest BCUT2D eigenvalue weighted by Crippen LogP contribution is 2.65. The van der Waals surface area contributed by atoms with Crippen molar-refractivity contribution in [2.45, 2.75) is 78.1 Å². The molecule has 0 heterocycles. The summed E-state index contributed by atoms with van der Waals surface area (Å²) in [4.78, 5) is 0. The fourth-order valence-electron chi connectivity index (χ4n) is 7.15. The van der Waals surface area contributed by atoms with E-state index >= 15 is 0 Å². The number of aryl methyl sites for hydroxylation is 2. The summed E-state index contributed by atoms with van der Waals surface area (Å²) in [5, 5.41) is 23.8. The molecule has 0 spiro atoms. The molecule has 2 N–H and O–H groups in total. The van der Waals surface area contributed by atoms with Crippen molar-refractivity contribution < 1.29 is 10.2 Å². The fourth-order valence-corrected chi connectivity index (χ4v) is 7.15. The highest BCUT2D eigenvalue weighted by atomic mass is 16.3. The first-order valence-electron chi connectivity index (χ1n) is 12.8. The lowest BCUT2D eigenvalue weighted by Crippen LogP contribution is -2.38. The van der Waals surface area contributed by atoms with Crippen molar-refractivity contribution in [3.8, 4) is 11.5 Å². The van der Waals surface area contributed by atoms with E-state index in [-0.39, 0.29) is 10.8 Å². The third-order valence-electron chi connectivity index (χ3n) is 8.64. The van der Waals surface area contributed by atoms with Crippen LogP contribution in [0.25, 0.3) is 0 Å². The van der Waals surface area contributed by atoms with Crippen LogP contribution in [0, 0.1) is 37.5 Å². The number of rotatable bonds is 2. The zero-order valence-corrected chi connectivity index (χ0v) is 22.0. The summed E-state index contributed by atoms with van der Waals surface area (Å²) < 4.78 is 0. The Bertz CT molecular complexity index is 1150. The number of allylic oxidation sites excluding steroid dienone is 4. The maximum atomic E-state index is 11.9. The van der Waals surface area contributed by atoms with Crippen molar-refractivity contribution in [1.29, 1.82) is 0 Å². The highest BCUT2D eigenvalue weighted by Gasteiger charge is 2.59. The zero-order valence-electron chi connectivity index (χ0n) is 22.0. The Hall–Kier alpha value is -2.48. The minimum Gasteiger partial charge on any atom is -0.507 e. The van der Waals surface area contributed by atoms with Crippen LogP contribution in [0.3, 0.4) is 0 Å². The predicted molar refractivity (Wildman–Crippen MR) is 141 cm³/mol. The molecule has 3 aliphatic carbocycles. The number of fused-ring (bicyclic) bond motifs is 5. The van der Waals surface area contributed by atoms with Gasteiger partial charge in [0.05, 0.1) is 0 Å². The van der Waals surface area contributed by atoms with Gasteiger partial charge in [-0.2, -0.15) is 0 Å². The lowest BCUT2D eigenvalue weighted by Gasteiger charge is -2.42. The molecule has 0 saturated heterocycles. The molecule has 5 rings (SSSR count). The second-order valence-corrected chi connectivity index (χ2v) is 13.2. The van der Waals surface area contributed by atoms with Gasteiger partial charge in [0.2, 0.25) is 0 Å². The molecule has 2 heteroatoms. The van der Waals surface area contributed by atoms with Crippen LogP contribution >= 0.6 is 0 Å². The summed E-state index contributed by atoms with van der Waals surface area (Å²) in [6, 6.07) is 8.59. The summed E-state index contributed by atoms with van der Waals surface area (Å²) >= 11 is 0. The molecule has 2 aromatic rings. The minimum absolute atomic E-state index is 0.187. The van der Waals surface area contributed by atoms with Gasteiger partial charge in [0, 0.05) is 16.5 Å². The molecule has 1 saturated carbocycles. The lowest BCUT2D eigenvalue weighted by atomic mass is 9.60. The van der Waals surface area contributed by atoms with Crippen LogP contribution in [0.15, 0.2) is 48.6 Å². The molecule has 2 aromatic carbocycles. The predicted octanol–water partition coefficient (Wildman–Crippen LogP) is 7.60. The third-order valence-corrected chi connectivity index (χ3v) is 8.64. The van der Waals surface area contributed by atoms with Gasteiger partial charge in [-0.25, -0.2) is 0 Å². The maximum absolute atomic E-state index is 11.9. The van der Waals surface area contributed by atoms with Crippen molar-refractivity contribution >= 4 is 0 Å². The summed E-state index contributed by atoms with van der Waals surface area (Å²) in [7, 11) is 0. The third kappa shape index (κ3) is 3.21. The normalized spacial score (nSPS) is 26.9. The average molecular weight is 457 g/mol. The number of hydrogen-bond donors (Lipinski definition) is 2. The fraction of sp³-hybridized carbons (Fsp3) is 0.500. The van der Waals surface area contributed by atoms with Gasteiger partial charge < -0.3 is 10.2 Å². The molecule has 34 heavy (non-hydrogen) atoms. The maximum Gasteiger partial charge on any atom is 0.123 e. The molecular weight excluding hydrogens is 416 g/mol. The molecule has 0 aromatic heterocycles. The molecule has 4 atom stereocenters. The number of benzene rings is 2. The molecule has 180 valence electrons. The highest BCUT2D eigenvalue weighted by molar-refractivity contribution is 5.64. The Balaban J connectivity index is 1.88. The zero-order chi connectivity index (χ0) is 24.8. The van der Waals surface area contributed by atoms with E-state index in [0.29, 0.717) is 35.2 Å². The van der Waals surface area contributed by atoms with Crippen LogP contribution in [-0.2, 0) is 16.2 Å². The first-order chi connectivity index (χ1) is 15.7. The molecule has 0 radical (unpaired) electrons. The first kappa shape index (κ1) is 23.3. The Kier molecular flexibility index (Phi) is 4.97. The monoisotopic (exact) mass is 456 g/mol. The van der Waals surface area contributed by atoms with Gasteiger partial charge in [-0.05, 0) is 65.9 Å². The van der Waals surface area contributed by atoms with E-state index in [1.54, 1.807) is 0 Å². The molecule has 3 aliphatic rings. The summed E-state index contributed by atoms with van der Waals surface area (Å²) in [5.74, 6) is 2.49. The number of phenolic OH excluding ortho intramolecular Hbond substituents is 2. The Morgan fingerprint density at radius 2 is 1.18 bits per heavy atom. The molecule has 0 aliphatic heterocycles. The van der Waals surface area contributed by atoms with E-state index in [1.807, 2.05) is 0 Å². The summed E-state index contributed by atoms with van der Waals surface area (Å²) in [6.07, 6.45) is 10.7. The molecule has 4 unspecified atom stereocenters. The second-order valence-electron chi connectivity index (χ2n) is 13.2.